The highest BCUT2D eigenvalue weighted by Gasteiger charge is 2.29. The maximum Gasteiger partial charge on any atom is 0.416 e. The lowest BCUT2D eigenvalue weighted by Gasteiger charge is -2.12. The van der Waals surface area contributed by atoms with Crippen molar-refractivity contribution in [2.24, 2.45) is 5.10 Å². The van der Waals surface area contributed by atoms with Crippen molar-refractivity contribution in [2.75, 3.05) is 26.8 Å². The molecule has 0 aliphatic carbocycles. The number of benzene rings is 2. The minimum Gasteiger partial charge on any atom is -0.496 e. The van der Waals surface area contributed by atoms with E-state index in [9.17, 15) is 13.2 Å². The van der Waals surface area contributed by atoms with Gasteiger partial charge in [0.1, 0.15) is 5.75 Å². The van der Waals surface area contributed by atoms with Gasteiger partial charge in [-0.1, -0.05) is 0 Å². The van der Waals surface area contributed by atoms with Gasteiger partial charge in [0.2, 0.25) is 0 Å². The molecular weight excluding hydrogens is 337 g/mol. The van der Waals surface area contributed by atoms with Crippen LogP contribution in [0, 0.1) is 0 Å². The molecule has 8 heteroatoms. The SMILES string of the molecule is COc1cc(OC)c(OC)cc1C=NNc1ccc(C(F)(F)F)cc1. The van der Waals surface area contributed by atoms with Crippen LogP contribution in [0.4, 0.5) is 18.9 Å². The summed E-state index contributed by atoms with van der Waals surface area (Å²) in [5.41, 5.74) is 2.98. The Morgan fingerprint density at radius 2 is 1.44 bits per heavy atom. The van der Waals surface area contributed by atoms with E-state index in [1.54, 1.807) is 12.1 Å². The number of ether oxygens (including phenoxy) is 3. The molecule has 0 atom stereocenters. The summed E-state index contributed by atoms with van der Waals surface area (Å²) in [5.74, 6) is 1.52. The topological polar surface area (TPSA) is 52.1 Å². The van der Waals surface area contributed by atoms with Crippen LogP contribution >= 0.6 is 0 Å². The summed E-state index contributed by atoms with van der Waals surface area (Å²) < 4.78 is 53.2. The molecule has 0 saturated carbocycles. The van der Waals surface area contributed by atoms with Crippen LogP contribution in [0.2, 0.25) is 0 Å². The highest BCUT2D eigenvalue weighted by molar-refractivity contribution is 5.85. The predicted molar refractivity (Wildman–Crippen MR) is 88.8 cm³/mol. The van der Waals surface area contributed by atoms with E-state index in [0.717, 1.165) is 12.1 Å². The van der Waals surface area contributed by atoms with Crippen LogP contribution in [-0.2, 0) is 6.18 Å². The molecule has 0 fully saturated rings. The maximum absolute atomic E-state index is 12.5. The quantitative estimate of drug-likeness (QED) is 0.625. The number of halogens is 3. The molecule has 2 aromatic rings. The monoisotopic (exact) mass is 354 g/mol. The molecule has 0 bridgehead atoms. The fourth-order valence-electron chi connectivity index (χ4n) is 2.06. The zero-order valence-corrected chi connectivity index (χ0v) is 13.8. The lowest BCUT2D eigenvalue weighted by Crippen LogP contribution is -2.04. The Balaban J connectivity index is 2.16. The molecule has 0 aliphatic heterocycles. The van der Waals surface area contributed by atoms with Gasteiger partial charge in [-0.25, -0.2) is 0 Å². The number of alkyl halides is 3. The third kappa shape index (κ3) is 4.56. The summed E-state index contributed by atoms with van der Waals surface area (Å²) in [7, 11) is 4.52. The second kappa shape index (κ2) is 7.78. The first-order chi connectivity index (χ1) is 11.9. The summed E-state index contributed by atoms with van der Waals surface area (Å²) >= 11 is 0. The Kier molecular flexibility index (Phi) is 5.74. The van der Waals surface area contributed by atoms with Crippen molar-refractivity contribution in [2.45, 2.75) is 6.18 Å². The Morgan fingerprint density at radius 1 is 0.880 bits per heavy atom. The summed E-state index contributed by atoms with van der Waals surface area (Å²) in [4.78, 5) is 0. The number of methoxy groups -OCH3 is 3. The van der Waals surface area contributed by atoms with Crippen LogP contribution in [0.25, 0.3) is 0 Å². The molecule has 134 valence electrons. The number of nitrogens with one attached hydrogen (secondary N) is 1. The van der Waals surface area contributed by atoms with Gasteiger partial charge in [0.15, 0.2) is 11.5 Å². The van der Waals surface area contributed by atoms with Gasteiger partial charge in [-0.2, -0.15) is 18.3 Å². The van der Waals surface area contributed by atoms with Crippen molar-refractivity contribution < 1.29 is 27.4 Å². The molecule has 0 aliphatic rings. The van der Waals surface area contributed by atoms with Gasteiger partial charge in [-0.3, -0.25) is 5.43 Å². The molecule has 0 heterocycles. The van der Waals surface area contributed by atoms with E-state index < -0.39 is 11.7 Å². The van der Waals surface area contributed by atoms with E-state index in [-0.39, 0.29) is 0 Å². The molecule has 25 heavy (non-hydrogen) atoms. The average Bonchev–Trinajstić information content (AvgIpc) is 2.60. The average molecular weight is 354 g/mol. The second-order valence-electron chi connectivity index (χ2n) is 4.89. The summed E-state index contributed by atoms with van der Waals surface area (Å²) in [6, 6.07) is 7.88. The van der Waals surface area contributed by atoms with Crippen LogP contribution in [0.1, 0.15) is 11.1 Å². The standard InChI is InChI=1S/C17H17F3N2O3/c1-23-14-9-16(25-3)15(24-2)8-11(14)10-21-22-13-6-4-12(5-7-13)17(18,19)20/h4-10,22H,1-3H3. The number of hydrogen-bond donors (Lipinski definition) is 1. The fourth-order valence-corrected chi connectivity index (χ4v) is 2.06. The number of hydrogen-bond acceptors (Lipinski definition) is 5. The van der Waals surface area contributed by atoms with E-state index in [1.165, 1.54) is 39.7 Å². The normalized spacial score (nSPS) is 11.4. The van der Waals surface area contributed by atoms with E-state index in [1.807, 2.05) is 0 Å². The highest BCUT2D eigenvalue weighted by atomic mass is 19.4. The zero-order valence-electron chi connectivity index (χ0n) is 13.8. The third-order valence-electron chi connectivity index (χ3n) is 3.35. The molecule has 5 nitrogen and oxygen atoms in total. The zero-order chi connectivity index (χ0) is 18.4. The minimum atomic E-state index is -4.37. The molecule has 0 amide bonds. The Bertz CT molecular complexity index is 744. The van der Waals surface area contributed by atoms with Gasteiger partial charge in [-0.05, 0) is 30.3 Å². The van der Waals surface area contributed by atoms with Crippen LogP contribution in [0.3, 0.4) is 0 Å². The van der Waals surface area contributed by atoms with Gasteiger partial charge in [-0.15, -0.1) is 0 Å². The van der Waals surface area contributed by atoms with Gasteiger partial charge in [0.25, 0.3) is 0 Å². The Hall–Kier alpha value is -2.90. The van der Waals surface area contributed by atoms with E-state index >= 15 is 0 Å². The number of anilines is 1. The Morgan fingerprint density at radius 3 is 1.96 bits per heavy atom. The number of rotatable bonds is 6. The fraction of sp³-hybridized carbons (Fsp3) is 0.235. The second-order valence-corrected chi connectivity index (χ2v) is 4.89. The molecular formula is C17H17F3N2O3. The summed E-state index contributed by atoms with van der Waals surface area (Å²) in [6.07, 6.45) is -2.90. The molecule has 0 aromatic heterocycles. The van der Waals surface area contributed by atoms with Crippen molar-refractivity contribution in [1.82, 2.24) is 0 Å². The van der Waals surface area contributed by atoms with Crippen molar-refractivity contribution in [1.29, 1.82) is 0 Å². The maximum atomic E-state index is 12.5. The van der Waals surface area contributed by atoms with Crippen molar-refractivity contribution in [3.05, 3.63) is 47.5 Å². The highest BCUT2D eigenvalue weighted by Crippen LogP contribution is 2.34. The number of hydrazone groups is 1. The van der Waals surface area contributed by atoms with E-state index in [4.69, 9.17) is 14.2 Å². The molecule has 2 rings (SSSR count). The van der Waals surface area contributed by atoms with E-state index in [0.29, 0.717) is 28.5 Å². The van der Waals surface area contributed by atoms with Gasteiger partial charge >= 0.3 is 6.18 Å². The van der Waals surface area contributed by atoms with Crippen LogP contribution < -0.4 is 19.6 Å². The lowest BCUT2D eigenvalue weighted by atomic mass is 10.2. The molecule has 0 unspecified atom stereocenters. The summed E-state index contributed by atoms with van der Waals surface area (Å²) in [5, 5.41) is 4.01. The molecule has 0 spiro atoms. The van der Waals surface area contributed by atoms with Crippen LogP contribution in [0.5, 0.6) is 17.2 Å². The molecule has 2 aromatic carbocycles. The predicted octanol–water partition coefficient (Wildman–Crippen LogP) is 4.18. The van der Waals surface area contributed by atoms with Crippen LogP contribution in [-0.4, -0.2) is 27.5 Å². The van der Waals surface area contributed by atoms with Gasteiger partial charge in [0, 0.05) is 11.6 Å². The van der Waals surface area contributed by atoms with Gasteiger partial charge in [0.05, 0.1) is 38.8 Å². The van der Waals surface area contributed by atoms with Crippen molar-refractivity contribution in [3.8, 4) is 17.2 Å². The largest absolute Gasteiger partial charge is 0.496 e. The lowest BCUT2D eigenvalue weighted by molar-refractivity contribution is -0.137. The minimum absolute atomic E-state index is 0.420. The number of nitrogens with zero attached hydrogens (tertiary/aromatic N) is 1. The first kappa shape index (κ1) is 18.4. The van der Waals surface area contributed by atoms with Crippen molar-refractivity contribution >= 4 is 11.9 Å². The third-order valence-corrected chi connectivity index (χ3v) is 3.35. The Labute approximate surface area is 143 Å². The smallest absolute Gasteiger partial charge is 0.416 e. The molecule has 1 N–H and O–H groups in total. The summed E-state index contributed by atoms with van der Waals surface area (Å²) in [6.45, 7) is 0. The van der Waals surface area contributed by atoms with Crippen LogP contribution in [0.15, 0.2) is 41.5 Å². The first-order valence-electron chi connectivity index (χ1n) is 7.15. The molecule has 0 radical (unpaired) electrons. The van der Waals surface area contributed by atoms with Crippen molar-refractivity contribution in [3.63, 3.8) is 0 Å². The molecule has 0 saturated heterocycles. The first-order valence-corrected chi connectivity index (χ1v) is 7.15. The van der Waals surface area contributed by atoms with Gasteiger partial charge < -0.3 is 14.2 Å². The van der Waals surface area contributed by atoms with E-state index in [2.05, 4.69) is 10.5 Å².